The van der Waals surface area contributed by atoms with E-state index < -0.39 is 0 Å². The summed E-state index contributed by atoms with van der Waals surface area (Å²) in [5.41, 5.74) is 0.467. The minimum absolute atomic E-state index is 0.0406. The first-order valence-corrected chi connectivity index (χ1v) is 14.3. The van der Waals surface area contributed by atoms with Crippen LogP contribution in [0.5, 0.6) is 0 Å². The van der Waals surface area contributed by atoms with Crippen molar-refractivity contribution < 1.29 is 19.4 Å². The fourth-order valence-electron chi connectivity index (χ4n) is 10.7. The molecule has 4 nitrogen and oxygen atoms in total. The van der Waals surface area contributed by atoms with E-state index in [-0.39, 0.29) is 35.8 Å². The van der Waals surface area contributed by atoms with E-state index in [1.54, 1.807) is 0 Å². The molecule has 1 unspecified atom stereocenters. The zero-order valence-electron chi connectivity index (χ0n) is 21.3. The van der Waals surface area contributed by atoms with Gasteiger partial charge in [0.25, 0.3) is 0 Å². The van der Waals surface area contributed by atoms with Crippen LogP contribution >= 0.6 is 0 Å². The molecule has 1 N–H and O–H groups in total. The van der Waals surface area contributed by atoms with Crippen LogP contribution in [0.1, 0.15) is 98.3 Å². The minimum Gasteiger partial charge on any atom is -0.435 e. The van der Waals surface area contributed by atoms with Crippen molar-refractivity contribution >= 4 is 5.97 Å². The minimum atomic E-state index is -0.304. The van der Waals surface area contributed by atoms with Crippen LogP contribution in [-0.4, -0.2) is 29.6 Å². The highest BCUT2D eigenvalue weighted by Crippen LogP contribution is 2.72. The molecule has 7 fully saturated rings. The van der Waals surface area contributed by atoms with Crippen LogP contribution in [0.15, 0.2) is 0 Å². The zero-order valence-corrected chi connectivity index (χ0v) is 21.3. The molecule has 0 radical (unpaired) electrons. The van der Waals surface area contributed by atoms with Gasteiger partial charge < -0.3 is 14.6 Å². The number of hydrogen-bond acceptors (Lipinski definition) is 4. The second-order valence-corrected chi connectivity index (χ2v) is 13.5. The van der Waals surface area contributed by atoms with Crippen LogP contribution in [0.2, 0.25) is 0 Å². The molecule has 33 heavy (non-hydrogen) atoms. The van der Waals surface area contributed by atoms with Gasteiger partial charge in [-0.15, -0.1) is 0 Å². The molecule has 7 rings (SSSR count). The summed E-state index contributed by atoms with van der Waals surface area (Å²) >= 11 is 0. The van der Waals surface area contributed by atoms with Crippen molar-refractivity contribution in [3.05, 3.63) is 0 Å². The fourth-order valence-corrected chi connectivity index (χ4v) is 10.7. The van der Waals surface area contributed by atoms with Crippen LogP contribution in [0.4, 0.5) is 0 Å². The largest absolute Gasteiger partial charge is 0.435 e. The lowest BCUT2D eigenvalue weighted by Gasteiger charge is -2.65. The molecular formula is C29H46O4. The van der Waals surface area contributed by atoms with Gasteiger partial charge in [-0.25, -0.2) is 0 Å². The van der Waals surface area contributed by atoms with Gasteiger partial charge in [-0.05, 0) is 111 Å². The normalized spacial score (nSPS) is 53.6. The molecule has 0 amide bonds. The molecule has 2 bridgehead atoms. The van der Waals surface area contributed by atoms with Gasteiger partial charge in [0.1, 0.15) is 0 Å². The molecule has 3 heterocycles. The lowest BCUT2D eigenvalue weighted by Crippen LogP contribution is -2.67. The maximum atomic E-state index is 13.1. The first-order chi connectivity index (χ1) is 15.8. The topological polar surface area (TPSA) is 55.8 Å². The Hall–Kier alpha value is -0.610. The molecule has 0 aromatic carbocycles. The molecule has 0 aromatic heterocycles. The highest BCUT2D eigenvalue weighted by Gasteiger charge is 2.72. The van der Waals surface area contributed by atoms with E-state index in [2.05, 4.69) is 27.7 Å². The van der Waals surface area contributed by atoms with Crippen LogP contribution in [0.25, 0.3) is 0 Å². The number of esters is 1. The van der Waals surface area contributed by atoms with Crippen LogP contribution in [0, 0.1) is 58.2 Å². The number of ether oxygens (including phenoxy) is 2. The first kappa shape index (κ1) is 22.8. The summed E-state index contributed by atoms with van der Waals surface area (Å²) in [5, 5.41) is 10.3. The summed E-state index contributed by atoms with van der Waals surface area (Å²) in [6, 6.07) is 0. The molecule has 3 aliphatic heterocycles. The zero-order chi connectivity index (χ0) is 23.1. The third-order valence-corrected chi connectivity index (χ3v) is 12.4. The Morgan fingerprint density at radius 1 is 1.03 bits per heavy atom. The summed E-state index contributed by atoms with van der Waals surface area (Å²) in [6.45, 7) is 9.45. The Kier molecular flexibility index (Phi) is 5.50. The van der Waals surface area contributed by atoms with E-state index in [4.69, 9.17) is 9.47 Å². The molecule has 4 saturated carbocycles. The van der Waals surface area contributed by atoms with E-state index in [9.17, 15) is 9.90 Å². The molecule has 4 aliphatic carbocycles. The standard InChI is InChI=1S/C29H46O4/c1-5-17(16(2)3)14-24-25-23-9-8-22-20-7-6-18-15-19(30)10-12-28(18,4)21(20)11-13-29(22,23)27(32-24)33-26(25)31/h16-25,27,30H,5-15H2,1-4H3/t17?,18-,19-,20+,21-,22-,23+,24+,25+,27+,28-,29+/m0/s1. The molecule has 7 aliphatic rings. The fraction of sp³-hybridized carbons (Fsp3) is 0.966. The number of carbonyl (C=O) groups excluding carboxylic acids is 1. The van der Waals surface area contributed by atoms with Gasteiger partial charge in [0, 0.05) is 5.41 Å². The third-order valence-electron chi connectivity index (χ3n) is 12.4. The maximum Gasteiger partial charge on any atom is 0.314 e. The van der Waals surface area contributed by atoms with E-state index >= 15 is 0 Å². The van der Waals surface area contributed by atoms with Crippen molar-refractivity contribution in [1.82, 2.24) is 0 Å². The summed E-state index contributed by atoms with van der Waals surface area (Å²) in [7, 11) is 0. The maximum absolute atomic E-state index is 13.1. The Bertz CT molecular complexity index is 780. The van der Waals surface area contributed by atoms with E-state index in [1.807, 2.05) is 0 Å². The Labute approximate surface area is 200 Å². The monoisotopic (exact) mass is 458 g/mol. The van der Waals surface area contributed by atoms with Gasteiger partial charge in [0.05, 0.1) is 18.1 Å². The quantitative estimate of drug-likeness (QED) is 0.528. The predicted octanol–water partition coefficient (Wildman–Crippen LogP) is 5.96. The highest BCUT2D eigenvalue weighted by atomic mass is 16.7. The predicted molar refractivity (Wildman–Crippen MR) is 127 cm³/mol. The first-order valence-electron chi connectivity index (χ1n) is 14.3. The summed E-state index contributed by atoms with van der Waals surface area (Å²) in [6.07, 6.45) is 12.5. The van der Waals surface area contributed by atoms with Crippen molar-refractivity contribution in [3.8, 4) is 0 Å². The molecule has 0 aromatic rings. The SMILES string of the molecule is CCC(C[C@H]1O[C@@H]2OC(=O)[C@@H]1[C@H]1CC[C@H]3[C@@H]4CC[C@H]5C[C@@H](O)CC[C@]5(C)[C@H]4CC[C@]213)C(C)C. The van der Waals surface area contributed by atoms with Crippen LogP contribution in [0.3, 0.4) is 0 Å². The van der Waals surface area contributed by atoms with E-state index in [1.165, 1.54) is 44.9 Å². The number of aliphatic hydroxyl groups is 1. The third kappa shape index (κ3) is 3.11. The van der Waals surface area contributed by atoms with Gasteiger partial charge in [-0.1, -0.05) is 34.1 Å². The lowest BCUT2D eigenvalue weighted by atomic mass is 9.43. The van der Waals surface area contributed by atoms with Gasteiger partial charge in [-0.3, -0.25) is 4.79 Å². The Balaban J connectivity index is 1.27. The second kappa shape index (κ2) is 7.95. The average Bonchev–Trinajstić information content (AvgIpc) is 3.20. The lowest BCUT2D eigenvalue weighted by molar-refractivity contribution is -0.338. The molecule has 186 valence electrons. The average molecular weight is 459 g/mol. The van der Waals surface area contributed by atoms with Crippen LogP contribution < -0.4 is 0 Å². The van der Waals surface area contributed by atoms with Gasteiger partial charge in [0.15, 0.2) is 0 Å². The number of rotatable bonds is 4. The van der Waals surface area contributed by atoms with Crippen molar-refractivity contribution in [1.29, 1.82) is 0 Å². The Morgan fingerprint density at radius 2 is 1.82 bits per heavy atom. The van der Waals surface area contributed by atoms with Gasteiger partial charge >= 0.3 is 5.97 Å². The molecular weight excluding hydrogens is 412 g/mol. The number of fused-ring (bicyclic) bond motifs is 6. The highest BCUT2D eigenvalue weighted by molar-refractivity contribution is 5.76. The van der Waals surface area contributed by atoms with Crippen LogP contribution in [-0.2, 0) is 14.3 Å². The van der Waals surface area contributed by atoms with Crippen molar-refractivity contribution in [2.75, 3.05) is 0 Å². The summed E-state index contributed by atoms with van der Waals surface area (Å²) < 4.78 is 12.9. The summed E-state index contributed by atoms with van der Waals surface area (Å²) in [4.78, 5) is 13.1. The molecule has 4 heteroatoms. The van der Waals surface area contributed by atoms with Crippen molar-refractivity contribution in [2.45, 2.75) is 117 Å². The van der Waals surface area contributed by atoms with Crippen molar-refractivity contribution in [3.63, 3.8) is 0 Å². The van der Waals surface area contributed by atoms with E-state index in [0.717, 1.165) is 37.5 Å². The molecule has 12 atom stereocenters. The number of carbonyl (C=O) groups is 1. The molecule has 1 spiro atoms. The number of aliphatic hydroxyl groups excluding tert-OH is 1. The smallest absolute Gasteiger partial charge is 0.314 e. The van der Waals surface area contributed by atoms with Gasteiger partial charge in [-0.2, -0.15) is 0 Å². The van der Waals surface area contributed by atoms with E-state index in [0.29, 0.717) is 35.0 Å². The van der Waals surface area contributed by atoms with Gasteiger partial charge in [0.2, 0.25) is 6.29 Å². The molecule has 3 saturated heterocycles. The van der Waals surface area contributed by atoms with Crippen molar-refractivity contribution in [2.24, 2.45) is 58.2 Å². The number of hydrogen-bond donors (Lipinski definition) is 1. The second-order valence-electron chi connectivity index (χ2n) is 13.5. The Morgan fingerprint density at radius 3 is 2.58 bits per heavy atom. The summed E-state index contributed by atoms with van der Waals surface area (Å²) in [5.74, 6) is 4.58.